The van der Waals surface area contributed by atoms with Gasteiger partial charge in [-0.25, -0.2) is 9.97 Å². The molecule has 0 aliphatic carbocycles. The van der Waals surface area contributed by atoms with Crippen molar-refractivity contribution in [3.05, 3.63) is 47.9 Å². The molecule has 1 atom stereocenters. The molecule has 0 saturated carbocycles. The average molecular weight is 283 g/mol. The van der Waals surface area contributed by atoms with Crippen LogP contribution in [0.5, 0.6) is 5.88 Å². The highest BCUT2D eigenvalue weighted by atomic mass is 16.5. The number of hydrogen-bond acceptors (Lipinski definition) is 4. The third kappa shape index (κ3) is 2.72. The van der Waals surface area contributed by atoms with Crippen LogP contribution in [0.3, 0.4) is 0 Å². The van der Waals surface area contributed by atoms with E-state index < -0.39 is 0 Å². The Labute approximate surface area is 123 Å². The number of hydrogen-bond donors (Lipinski definition) is 0. The Morgan fingerprint density at radius 2 is 2.19 bits per heavy atom. The summed E-state index contributed by atoms with van der Waals surface area (Å²) in [5.41, 5.74) is 3.00. The van der Waals surface area contributed by atoms with E-state index in [4.69, 9.17) is 4.74 Å². The Kier molecular flexibility index (Phi) is 3.56. The van der Waals surface area contributed by atoms with Crippen LogP contribution in [0.15, 0.2) is 36.7 Å². The van der Waals surface area contributed by atoms with Gasteiger partial charge in [-0.2, -0.15) is 0 Å². The van der Waals surface area contributed by atoms with Gasteiger partial charge in [0.1, 0.15) is 6.33 Å². The Bertz CT molecular complexity index is 672. The molecule has 1 aliphatic rings. The van der Waals surface area contributed by atoms with E-state index in [2.05, 4.69) is 16.0 Å². The number of ether oxygens (including phenoxy) is 1. The molecule has 1 aliphatic heterocycles. The van der Waals surface area contributed by atoms with Crippen molar-refractivity contribution in [1.29, 1.82) is 0 Å². The Morgan fingerprint density at radius 3 is 3.00 bits per heavy atom. The molecule has 1 aromatic heterocycles. The SMILES string of the molecule is Cc1cc(OCC(=O)N2c3ccccc3CC2C)ncn1. The number of fused-ring (bicyclic) bond motifs is 1. The minimum atomic E-state index is -0.0521. The van der Waals surface area contributed by atoms with Crippen molar-refractivity contribution >= 4 is 11.6 Å². The van der Waals surface area contributed by atoms with E-state index in [0.29, 0.717) is 5.88 Å². The molecule has 1 amide bonds. The zero-order chi connectivity index (χ0) is 14.8. The predicted molar refractivity (Wildman–Crippen MR) is 79.4 cm³/mol. The van der Waals surface area contributed by atoms with Crippen molar-refractivity contribution < 1.29 is 9.53 Å². The number of carbonyl (C=O) groups is 1. The highest BCUT2D eigenvalue weighted by molar-refractivity contribution is 5.97. The zero-order valence-electron chi connectivity index (χ0n) is 12.1. The maximum absolute atomic E-state index is 12.4. The van der Waals surface area contributed by atoms with Crippen molar-refractivity contribution in [3.63, 3.8) is 0 Å². The second kappa shape index (κ2) is 5.52. The number of nitrogens with zero attached hydrogens (tertiary/aromatic N) is 3. The van der Waals surface area contributed by atoms with Gasteiger partial charge in [0.15, 0.2) is 6.61 Å². The van der Waals surface area contributed by atoms with Crippen LogP contribution in [0, 0.1) is 6.92 Å². The van der Waals surface area contributed by atoms with Crippen molar-refractivity contribution in [2.45, 2.75) is 26.3 Å². The molecule has 0 N–H and O–H groups in total. The molecular weight excluding hydrogens is 266 g/mol. The highest BCUT2D eigenvalue weighted by Crippen LogP contribution is 2.31. The van der Waals surface area contributed by atoms with Crippen LogP contribution in [0.25, 0.3) is 0 Å². The first-order valence-electron chi connectivity index (χ1n) is 6.96. The number of anilines is 1. The smallest absolute Gasteiger partial charge is 0.265 e. The van der Waals surface area contributed by atoms with Gasteiger partial charge in [-0.1, -0.05) is 18.2 Å². The Balaban J connectivity index is 1.71. The van der Waals surface area contributed by atoms with E-state index in [-0.39, 0.29) is 18.6 Å². The molecule has 5 nitrogen and oxygen atoms in total. The number of amides is 1. The molecule has 0 bridgehead atoms. The first-order valence-corrected chi connectivity index (χ1v) is 6.96. The van der Waals surface area contributed by atoms with Gasteiger partial charge in [0.2, 0.25) is 5.88 Å². The van der Waals surface area contributed by atoms with E-state index in [9.17, 15) is 4.79 Å². The van der Waals surface area contributed by atoms with Crippen LogP contribution < -0.4 is 9.64 Å². The second-order valence-corrected chi connectivity index (χ2v) is 5.23. The van der Waals surface area contributed by atoms with Crippen molar-refractivity contribution in [2.24, 2.45) is 0 Å². The van der Waals surface area contributed by atoms with Crippen LogP contribution in [-0.2, 0) is 11.2 Å². The lowest BCUT2D eigenvalue weighted by Crippen LogP contribution is -2.39. The molecular formula is C16H17N3O2. The number of rotatable bonds is 3. The summed E-state index contributed by atoms with van der Waals surface area (Å²) in [5, 5.41) is 0. The van der Waals surface area contributed by atoms with E-state index in [1.165, 1.54) is 11.9 Å². The van der Waals surface area contributed by atoms with Crippen molar-refractivity contribution in [1.82, 2.24) is 9.97 Å². The maximum Gasteiger partial charge on any atom is 0.265 e. The quantitative estimate of drug-likeness (QED) is 0.866. The third-order valence-corrected chi connectivity index (χ3v) is 3.60. The summed E-state index contributed by atoms with van der Waals surface area (Å²) >= 11 is 0. The molecule has 0 radical (unpaired) electrons. The monoisotopic (exact) mass is 283 g/mol. The number of aromatic nitrogens is 2. The summed E-state index contributed by atoms with van der Waals surface area (Å²) < 4.78 is 5.48. The normalized spacial score (nSPS) is 16.7. The molecule has 2 heterocycles. The van der Waals surface area contributed by atoms with E-state index >= 15 is 0 Å². The lowest BCUT2D eigenvalue weighted by Gasteiger charge is -2.22. The minimum Gasteiger partial charge on any atom is -0.467 e. The zero-order valence-corrected chi connectivity index (χ0v) is 12.1. The summed E-state index contributed by atoms with van der Waals surface area (Å²) in [6, 6.07) is 9.87. The fraction of sp³-hybridized carbons (Fsp3) is 0.312. The Hall–Kier alpha value is -2.43. The molecule has 0 saturated heterocycles. The second-order valence-electron chi connectivity index (χ2n) is 5.23. The molecule has 0 fully saturated rings. The molecule has 5 heteroatoms. The summed E-state index contributed by atoms with van der Waals surface area (Å²) in [7, 11) is 0. The average Bonchev–Trinajstić information content (AvgIpc) is 2.81. The lowest BCUT2D eigenvalue weighted by molar-refractivity contribution is -0.120. The largest absolute Gasteiger partial charge is 0.467 e. The van der Waals surface area contributed by atoms with Gasteiger partial charge in [0.25, 0.3) is 5.91 Å². The summed E-state index contributed by atoms with van der Waals surface area (Å²) in [6.07, 6.45) is 2.32. The summed E-state index contributed by atoms with van der Waals surface area (Å²) in [5.74, 6) is 0.375. The van der Waals surface area contributed by atoms with Gasteiger partial charge in [0, 0.05) is 23.5 Å². The van der Waals surface area contributed by atoms with Gasteiger partial charge < -0.3 is 9.64 Å². The fourth-order valence-electron chi connectivity index (χ4n) is 2.66. The first kappa shape index (κ1) is 13.5. The molecule has 21 heavy (non-hydrogen) atoms. The van der Waals surface area contributed by atoms with Crippen LogP contribution >= 0.6 is 0 Å². The summed E-state index contributed by atoms with van der Waals surface area (Å²) in [4.78, 5) is 22.2. The maximum atomic E-state index is 12.4. The van der Waals surface area contributed by atoms with Crippen molar-refractivity contribution in [2.75, 3.05) is 11.5 Å². The molecule has 2 aromatic rings. The molecule has 3 rings (SSSR count). The van der Waals surface area contributed by atoms with Gasteiger partial charge >= 0.3 is 0 Å². The predicted octanol–water partition coefficient (Wildman–Crippen LogP) is 2.14. The topological polar surface area (TPSA) is 55.3 Å². The van der Waals surface area contributed by atoms with Gasteiger partial charge in [-0.15, -0.1) is 0 Å². The molecule has 1 unspecified atom stereocenters. The van der Waals surface area contributed by atoms with Gasteiger partial charge in [-0.05, 0) is 31.9 Å². The number of para-hydroxylation sites is 1. The lowest BCUT2D eigenvalue weighted by atomic mass is 10.1. The van der Waals surface area contributed by atoms with E-state index in [1.807, 2.05) is 36.9 Å². The molecule has 0 spiro atoms. The standard InChI is InChI=1S/C16H17N3O2/c1-11-7-15(18-10-17-11)21-9-16(20)19-12(2)8-13-5-3-4-6-14(13)19/h3-7,10,12H,8-9H2,1-2H3. The fourth-order valence-corrected chi connectivity index (χ4v) is 2.66. The van der Waals surface area contributed by atoms with Gasteiger partial charge in [-0.3, -0.25) is 4.79 Å². The molecule has 108 valence electrons. The van der Waals surface area contributed by atoms with Crippen LogP contribution in [0.4, 0.5) is 5.69 Å². The molecule has 1 aromatic carbocycles. The van der Waals surface area contributed by atoms with Crippen molar-refractivity contribution in [3.8, 4) is 5.88 Å². The number of benzene rings is 1. The number of carbonyl (C=O) groups excluding carboxylic acids is 1. The van der Waals surface area contributed by atoms with E-state index in [0.717, 1.165) is 17.8 Å². The minimum absolute atomic E-state index is 0.0187. The van der Waals surface area contributed by atoms with Crippen LogP contribution in [0.1, 0.15) is 18.2 Å². The highest BCUT2D eigenvalue weighted by Gasteiger charge is 2.30. The summed E-state index contributed by atoms with van der Waals surface area (Å²) in [6.45, 7) is 3.89. The van der Waals surface area contributed by atoms with E-state index in [1.54, 1.807) is 6.07 Å². The van der Waals surface area contributed by atoms with Gasteiger partial charge in [0.05, 0.1) is 0 Å². The van der Waals surface area contributed by atoms with Crippen LogP contribution in [-0.4, -0.2) is 28.5 Å². The number of aryl methyl sites for hydroxylation is 1. The van der Waals surface area contributed by atoms with Crippen LogP contribution in [0.2, 0.25) is 0 Å². The Morgan fingerprint density at radius 1 is 1.38 bits per heavy atom. The third-order valence-electron chi connectivity index (χ3n) is 3.60. The first-order chi connectivity index (χ1) is 10.1.